The third-order valence-electron chi connectivity index (χ3n) is 9.69. The lowest BCUT2D eigenvalue weighted by Crippen LogP contribution is -2.44. The van der Waals surface area contributed by atoms with E-state index in [1.165, 1.54) is 0 Å². The minimum Gasteiger partial charge on any atom is -0.519 e. The SMILES string of the molecule is Fc1c(F)c(F)c2c(B(Oc3c(F)c(F)c(F)c4c(F)c5c(F)c(F)c(F)c(F)c5c(F)c34)Oc3c(F)c(F)c(F)c4c(F)c5c(F)c(F)c(F)c(F)c5c(F)c34)cccc2c1F. The van der Waals surface area contributed by atoms with Crippen molar-refractivity contribution in [3.63, 3.8) is 0 Å². The van der Waals surface area contributed by atoms with Crippen LogP contribution in [-0.4, -0.2) is 7.12 Å². The average Bonchev–Trinajstić information content (AvgIpc) is 3.26. The average molecular weight is 920 g/mol. The van der Waals surface area contributed by atoms with Crippen molar-refractivity contribution >= 4 is 66.4 Å². The molecule has 0 bridgehead atoms. The summed E-state index contributed by atoms with van der Waals surface area (Å²) in [6.45, 7) is 0. The first-order valence-corrected chi connectivity index (χ1v) is 16.3. The molecule has 0 spiro atoms. The first-order valence-electron chi connectivity index (χ1n) is 16.3. The lowest BCUT2D eigenvalue weighted by Gasteiger charge is -2.23. The van der Waals surface area contributed by atoms with E-state index in [9.17, 15) is 43.9 Å². The summed E-state index contributed by atoms with van der Waals surface area (Å²) in [7, 11) is -3.70. The number of hydrogen-bond acceptors (Lipinski definition) is 2. The quantitative estimate of drug-likeness (QED) is 0.0563. The Kier molecular flexibility index (Phi) is 9.78. The third kappa shape index (κ3) is 5.58. The summed E-state index contributed by atoms with van der Waals surface area (Å²) in [6.07, 6.45) is 0. The zero-order chi connectivity index (χ0) is 46.3. The van der Waals surface area contributed by atoms with Crippen LogP contribution in [0.3, 0.4) is 0 Å². The normalized spacial score (nSPS) is 12.0. The van der Waals surface area contributed by atoms with Crippen LogP contribution in [0.5, 0.6) is 11.5 Å². The minimum atomic E-state index is -3.70. The minimum absolute atomic E-state index is 0.242. The molecular weight excluding hydrogens is 917 g/mol. The molecule has 25 heteroatoms. The second kappa shape index (κ2) is 14.4. The highest BCUT2D eigenvalue weighted by Gasteiger charge is 2.41. The molecule has 0 N–H and O–H groups in total. The molecule has 0 fully saturated rings. The van der Waals surface area contributed by atoms with Crippen LogP contribution in [-0.2, 0) is 0 Å². The topological polar surface area (TPSA) is 18.5 Å². The predicted octanol–water partition coefficient (Wildman–Crippen LogP) is 12.4. The Labute approximate surface area is 330 Å². The Morgan fingerprint density at radius 2 is 0.492 bits per heavy atom. The molecule has 2 nitrogen and oxygen atoms in total. The summed E-state index contributed by atoms with van der Waals surface area (Å²) < 4.78 is 343. The Morgan fingerprint density at radius 1 is 0.238 bits per heavy atom. The summed E-state index contributed by atoms with van der Waals surface area (Å²) in [5, 5.41) is -22.2. The van der Waals surface area contributed by atoms with Crippen LogP contribution in [0.15, 0.2) is 18.2 Å². The Hall–Kier alpha value is -6.82. The van der Waals surface area contributed by atoms with Crippen LogP contribution in [0.25, 0.3) is 53.9 Å². The number of benzene rings is 8. The smallest absolute Gasteiger partial charge is 0.519 e. The highest BCUT2D eigenvalue weighted by Crippen LogP contribution is 2.46. The molecule has 8 aromatic carbocycles. The van der Waals surface area contributed by atoms with Crippen molar-refractivity contribution in [2.75, 3.05) is 0 Å². The molecule has 0 atom stereocenters. The fraction of sp³-hybridized carbons (Fsp3) is 0. The molecule has 0 unspecified atom stereocenters. The predicted molar refractivity (Wildman–Crippen MR) is 173 cm³/mol. The van der Waals surface area contributed by atoms with Crippen LogP contribution >= 0.6 is 0 Å². The maximum absolute atomic E-state index is 16.2. The third-order valence-corrected chi connectivity index (χ3v) is 9.69. The van der Waals surface area contributed by atoms with Gasteiger partial charge in [-0.05, 0) is 0 Å². The zero-order valence-electron chi connectivity index (χ0n) is 28.9. The largest absolute Gasteiger partial charge is 0.633 e. The molecule has 8 rings (SSSR count). The van der Waals surface area contributed by atoms with Gasteiger partial charge in [0.25, 0.3) is 0 Å². The summed E-state index contributed by atoms with van der Waals surface area (Å²) in [5.74, 6) is -67.5. The number of hydrogen-bond donors (Lipinski definition) is 0. The van der Waals surface area contributed by atoms with Crippen LogP contribution in [0, 0.1) is 128 Å². The maximum atomic E-state index is 16.2. The molecular formula is C38H3BF22O2. The molecule has 0 saturated heterocycles. The molecule has 8 aromatic rings. The molecule has 0 aliphatic rings. The molecule has 0 amide bonds. The van der Waals surface area contributed by atoms with Crippen LogP contribution < -0.4 is 14.8 Å². The van der Waals surface area contributed by atoms with Crippen molar-refractivity contribution in [1.82, 2.24) is 0 Å². The van der Waals surface area contributed by atoms with Crippen LogP contribution in [0.4, 0.5) is 96.6 Å². The van der Waals surface area contributed by atoms with Gasteiger partial charge in [-0.25, -0.2) is 87.8 Å². The van der Waals surface area contributed by atoms with Gasteiger partial charge in [-0.2, -0.15) is 8.78 Å². The lowest BCUT2D eigenvalue weighted by atomic mass is 9.75. The summed E-state index contributed by atoms with van der Waals surface area (Å²) >= 11 is 0. The molecule has 63 heavy (non-hydrogen) atoms. The second-order valence-corrected chi connectivity index (χ2v) is 12.9. The van der Waals surface area contributed by atoms with E-state index < -0.39 is 206 Å². The van der Waals surface area contributed by atoms with Crippen LogP contribution in [0.1, 0.15) is 0 Å². The van der Waals surface area contributed by atoms with Gasteiger partial charge < -0.3 is 9.31 Å². The van der Waals surface area contributed by atoms with Gasteiger partial charge in [0.15, 0.2) is 105 Å². The van der Waals surface area contributed by atoms with E-state index in [0.717, 1.165) is 0 Å². The zero-order valence-corrected chi connectivity index (χ0v) is 28.9. The van der Waals surface area contributed by atoms with Gasteiger partial charge >= 0.3 is 7.12 Å². The number of fused-ring (bicyclic) bond motifs is 5. The summed E-state index contributed by atoms with van der Waals surface area (Å²) in [4.78, 5) is 0. The van der Waals surface area contributed by atoms with Crippen molar-refractivity contribution in [2.45, 2.75) is 0 Å². The van der Waals surface area contributed by atoms with Gasteiger partial charge in [0.05, 0.1) is 43.1 Å². The molecule has 0 aliphatic carbocycles. The molecule has 0 aliphatic heterocycles. The van der Waals surface area contributed by atoms with Crippen molar-refractivity contribution in [2.24, 2.45) is 0 Å². The van der Waals surface area contributed by atoms with E-state index in [1.54, 1.807) is 0 Å². The fourth-order valence-corrected chi connectivity index (χ4v) is 6.90. The van der Waals surface area contributed by atoms with Crippen molar-refractivity contribution in [3.05, 3.63) is 146 Å². The Morgan fingerprint density at radius 3 is 0.825 bits per heavy atom. The summed E-state index contributed by atoms with van der Waals surface area (Å²) in [5.41, 5.74) is -1.66. The summed E-state index contributed by atoms with van der Waals surface area (Å²) in [6, 6.07) is 1.07. The molecule has 0 heterocycles. The molecule has 0 aromatic heterocycles. The Bertz CT molecular complexity index is 3270. The first kappa shape index (κ1) is 42.9. The van der Waals surface area contributed by atoms with Gasteiger partial charge in [-0.1, -0.05) is 18.2 Å². The van der Waals surface area contributed by atoms with E-state index in [1.807, 2.05) is 0 Å². The monoisotopic (exact) mass is 920 g/mol. The molecule has 324 valence electrons. The van der Waals surface area contributed by atoms with E-state index in [2.05, 4.69) is 0 Å². The van der Waals surface area contributed by atoms with E-state index in [0.29, 0.717) is 12.1 Å². The van der Waals surface area contributed by atoms with Gasteiger partial charge in [-0.3, -0.25) is 0 Å². The van der Waals surface area contributed by atoms with Gasteiger partial charge in [0, 0.05) is 16.2 Å². The Balaban J connectivity index is 1.54. The molecule has 0 saturated carbocycles. The lowest BCUT2D eigenvalue weighted by molar-refractivity contribution is 0.377. The van der Waals surface area contributed by atoms with Crippen molar-refractivity contribution in [3.8, 4) is 11.5 Å². The van der Waals surface area contributed by atoms with Crippen molar-refractivity contribution < 1.29 is 106 Å². The number of rotatable bonds is 5. The standard InChI is InChI=1S/C38H3BF22O2/c40-15-4-2-1-3-5(6(4)20(45)28(53)27(15)52)39(62-37-13-11(25(50)33(58)35(37)60)16(41)7-9(18(13)43)23(48)31(56)29(54)21(7)46)63-38-14-12(26(51)34(59)36(38)61)17(42)8-10(19(14)44)24(49)32(57)30(55)22(8)47/h1-3H. The highest BCUT2D eigenvalue weighted by molar-refractivity contribution is 6.66. The highest BCUT2D eigenvalue weighted by atomic mass is 19.2. The van der Waals surface area contributed by atoms with Crippen molar-refractivity contribution in [1.29, 1.82) is 0 Å². The second-order valence-electron chi connectivity index (χ2n) is 12.9. The first-order chi connectivity index (χ1) is 29.5. The van der Waals surface area contributed by atoms with Gasteiger partial charge in [0.2, 0.25) is 11.6 Å². The van der Waals surface area contributed by atoms with E-state index >= 15 is 52.7 Å². The van der Waals surface area contributed by atoms with Gasteiger partial charge in [0.1, 0.15) is 23.3 Å². The fourth-order valence-electron chi connectivity index (χ4n) is 6.90. The maximum Gasteiger partial charge on any atom is 0.633 e. The van der Waals surface area contributed by atoms with E-state index in [-0.39, 0.29) is 6.07 Å². The van der Waals surface area contributed by atoms with E-state index in [4.69, 9.17) is 9.31 Å². The number of halogens is 22. The van der Waals surface area contributed by atoms with Gasteiger partial charge in [-0.15, -0.1) is 0 Å². The molecule has 0 radical (unpaired) electrons. The van der Waals surface area contributed by atoms with Crippen LogP contribution in [0.2, 0.25) is 0 Å².